The Morgan fingerprint density at radius 1 is 0.875 bits per heavy atom. The fourth-order valence-corrected chi connectivity index (χ4v) is 3.08. The molecule has 0 bridgehead atoms. The van der Waals surface area contributed by atoms with Gasteiger partial charge >= 0.3 is 0 Å². The third-order valence-electron chi connectivity index (χ3n) is 3.71. The third kappa shape index (κ3) is 4.28. The van der Waals surface area contributed by atoms with Crippen LogP contribution in [0.4, 0.5) is 0 Å². The summed E-state index contributed by atoms with van der Waals surface area (Å²) in [6.45, 7) is 1.84. The van der Waals surface area contributed by atoms with E-state index in [9.17, 15) is 0 Å². The van der Waals surface area contributed by atoms with Crippen molar-refractivity contribution in [1.82, 2.24) is 5.32 Å². The van der Waals surface area contributed by atoms with Gasteiger partial charge < -0.3 is 14.8 Å². The van der Waals surface area contributed by atoms with Gasteiger partial charge in [-0.05, 0) is 63.6 Å². The Labute approximate surface area is 150 Å². The van der Waals surface area contributed by atoms with E-state index in [-0.39, 0.29) is 0 Å². The van der Waals surface area contributed by atoms with Crippen LogP contribution in [0.2, 0.25) is 0 Å². The molecule has 0 heterocycles. The Morgan fingerprint density at radius 3 is 2.46 bits per heavy atom. The zero-order valence-corrected chi connectivity index (χ0v) is 15.2. The van der Waals surface area contributed by atoms with Crippen LogP contribution in [0.5, 0.6) is 11.5 Å². The van der Waals surface area contributed by atoms with Crippen LogP contribution in [0.1, 0.15) is 5.56 Å². The minimum atomic E-state index is 0.497. The van der Waals surface area contributed by atoms with E-state index in [4.69, 9.17) is 9.47 Å². The number of hydrogen-bond acceptors (Lipinski definition) is 3. The molecule has 1 N–H and O–H groups in total. The van der Waals surface area contributed by atoms with Gasteiger partial charge in [0.05, 0.1) is 4.47 Å². The van der Waals surface area contributed by atoms with Crippen molar-refractivity contribution in [2.24, 2.45) is 0 Å². The molecular formula is C20H20BrNO2. The van der Waals surface area contributed by atoms with Gasteiger partial charge in [-0.15, -0.1) is 0 Å². The van der Waals surface area contributed by atoms with Gasteiger partial charge in [-0.1, -0.05) is 36.4 Å². The van der Waals surface area contributed by atoms with E-state index in [1.165, 1.54) is 16.3 Å². The Hall–Kier alpha value is -2.04. The molecule has 0 spiro atoms. The van der Waals surface area contributed by atoms with Crippen LogP contribution in [0.25, 0.3) is 10.8 Å². The highest BCUT2D eigenvalue weighted by atomic mass is 79.9. The van der Waals surface area contributed by atoms with Gasteiger partial charge in [0, 0.05) is 6.54 Å². The molecule has 3 aromatic carbocycles. The summed E-state index contributed by atoms with van der Waals surface area (Å²) in [6, 6.07) is 20.5. The maximum atomic E-state index is 5.79. The second-order valence-electron chi connectivity index (χ2n) is 5.50. The Bertz CT molecular complexity index is 820. The lowest BCUT2D eigenvalue weighted by molar-refractivity contribution is 0.216. The molecule has 0 amide bonds. The SMILES string of the molecule is CNCc1ccc(OCCOc2ccc3ccccc3c2)c(Br)c1. The predicted octanol–water partition coefficient (Wildman–Crippen LogP) is 4.78. The summed E-state index contributed by atoms with van der Waals surface area (Å²) in [5.74, 6) is 1.69. The van der Waals surface area contributed by atoms with Crippen molar-refractivity contribution in [1.29, 1.82) is 0 Å². The van der Waals surface area contributed by atoms with Crippen LogP contribution in [0.15, 0.2) is 65.1 Å². The first-order valence-corrected chi connectivity index (χ1v) is 8.73. The van der Waals surface area contributed by atoms with Gasteiger partial charge in [-0.3, -0.25) is 0 Å². The van der Waals surface area contributed by atoms with Crippen LogP contribution < -0.4 is 14.8 Å². The predicted molar refractivity (Wildman–Crippen MR) is 102 cm³/mol. The molecule has 24 heavy (non-hydrogen) atoms. The molecule has 4 heteroatoms. The first kappa shape index (κ1) is 16.8. The van der Waals surface area contributed by atoms with Crippen molar-refractivity contribution in [3.8, 4) is 11.5 Å². The summed E-state index contributed by atoms with van der Waals surface area (Å²) in [6.07, 6.45) is 0. The van der Waals surface area contributed by atoms with E-state index >= 15 is 0 Å². The van der Waals surface area contributed by atoms with Crippen molar-refractivity contribution >= 4 is 26.7 Å². The molecule has 3 aromatic rings. The number of fused-ring (bicyclic) bond motifs is 1. The lowest BCUT2D eigenvalue weighted by Crippen LogP contribution is -2.09. The highest BCUT2D eigenvalue weighted by Gasteiger charge is 2.03. The summed E-state index contributed by atoms with van der Waals surface area (Å²) in [7, 11) is 1.93. The van der Waals surface area contributed by atoms with Crippen molar-refractivity contribution in [3.05, 3.63) is 70.7 Å². The minimum absolute atomic E-state index is 0.497. The molecule has 3 rings (SSSR count). The lowest BCUT2D eigenvalue weighted by atomic mass is 10.1. The number of nitrogens with one attached hydrogen (secondary N) is 1. The second-order valence-corrected chi connectivity index (χ2v) is 6.36. The van der Waals surface area contributed by atoms with Crippen LogP contribution in [-0.2, 0) is 6.54 Å². The maximum absolute atomic E-state index is 5.79. The smallest absolute Gasteiger partial charge is 0.133 e. The molecule has 0 fully saturated rings. The summed E-state index contributed by atoms with van der Waals surface area (Å²) < 4.78 is 12.5. The standard InChI is InChI=1S/C20H20BrNO2/c1-22-14-15-6-9-20(19(21)12-15)24-11-10-23-18-8-7-16-4-2-3-5-17(16)13-18/h2-9,12-13,22H,10-11,14H2,1H3. The van der Waals surface area contributed by atoms with E-state index in [0.29, 0.717) is 13.2 Å². The van der Waals surface area contributed by atoms with E-state index in [0.717, 1.165) is 22.5 Å². The summed E-state index contributed by atoms with van der Waals surface area (Å²) in [5, 5.41) is 5.53. The third-order valence-corrected chi connectivity index (χ3v) is 4.33. The summed E-state index contributed by atoms with van der Waals surface area (Å²) in [4.78, 5) is 0. The average Bonchev–Trinajstić information content (AvgIpc) is 2.60. The molecule has 0 aliphatic heterocycles. The number of ether oxygens (including phenoxy) is 2. The number of hydrogen-bond donors (Lipinski definition) is 1. The Balaban J connectivity index is 1.52. The largest absolute Gasteiger partial charge is 0.490 e. The van der Waals surface area contributed by atoms with Crippen molar-refractivity contribution < 1.29 is 9.47 Å². The minimum Gasteiger partial charge on any atom is -0.490 e. The normalized spacial score (nSPS) is 10.8. The van der Waals surface area contributed by atoms with Gasteiger partial charge in [0.15, 0.2) is 0 Å². The van der Waals surface area contributed by atoms with Crippen LogP contribution >= 0.6 is 15.9 Å². The van der Waals surface area contributed by atoms with Crippen molar-refractivity contribution in [3.63, 3.8) is 0 Å². The monoisotopic (exact) mass is 385 g/mol. The molecule has 0 aliphatic carbocycles. The number of rotatable bonds is 7. The Morgan fingerprint density at radius 2 is 1.67 bits per heavy atom. The zero-order valence-electron chi connectivity index (χ0n) is 13.6. The Kier molecular flexibility index (Phi) is 5.72. The lowest BCUT2D eigenvalue weighted by Gasteiger charge is -2.11. The van der Waals surface area contributed by atoms with E-state index in [2.05, 4.69) is 57.6 Å². The molecule has 3 nitrogen and oxygen atoms in total. The molecule has 0 aliphatic rings. The van der Waals surface area contributed by atoms with Crippen LogP contribution in [0.3, 0.4) is 0 Å². The molecule has 0 saturated carbocycles. The topological polar surface area (TPSA) is 30.5 Å². The number of benzene rings is 3. The van der Waals surface area contributed by atoms with Gasteiger partial charge in [0.2, 0.25) is 0 Å². The van der Waals surface area contributed by atoms with Crippen molar-refractivity contribution in [2.45, 2.75) is 6.54 Å². The van der Waals surface area contributed by atoms with Gasteiger partial charge in [0.25, 0.3) is 0 Å². The quantitative estimate of drug-likeness (QED) is 0.593. The second kappa shape index (κ2) is 8.18. The number of halogens is 1. The maximum Gasteiger partial charge on any atom is 0.133 e. The fourth-order valence-electron chi connectivity index (χ4n) is 2.54. The van der Waals surface area contributed by atoms with Gasteiger partial charge in [-0.2, -0.15) is 0 Å². The molecule has 0 aromatic heterocycles. The molecule has 0 saturated heterocycles. The first-order chi connectivity index (χ1) is 11.8. The molecule has 0 unspecified atom stereocenters. The zero-order chi connectivity index (χ0) is 16.8. The van der Waals surface area contributed by atoms with E-state index < -0.39 is 0 Å². The van der Waals surface area contributed by atoms with Gasteiger partial charge in [-0.25, -0.2) is 0 Å². The average molecular weight is 386 g/mol. The fraction of sp³-hybridized carbons (Fsp3) is 0.200. The van der Waals surface area contributed by atoms with Gasteiger partial charge in [0.1, 0.15) is 24.7 Å². The molecule has 0 atom stereocenters. The van der Waals surface area contributed by atoms with E-state index in [1.807, 2.05) is 31.3 Å². The van der Waals surface area contributed by atoms with Crippen LogP contribution in [-0.4, -0.2) is 20.3 Å². The molecular weight excluding hydrogens is 366 g/mol. The summed E-state index contributed by atoms with van der Waals surface area (Å²) >= 11 is 3.55. The summed E-state index contributed by atoms with van der Waals surface area (Å²) in [5.41, 5.74) is 1.21. The van der Waals surface area contributed by atoms with E-state index in [1.54, 1.807) is 0 Å². The molecule has 124 valence electrons. The highest BCUT2D eigenvalue weighted by Crippen LogP contribution is 2.26. The molecule has 0 radical (unpaired) electrons. The first-order valence-electron chi connectivity index (χ1n) is 7.94. The van der Waals surface area contributed by atoms with Crippen molar-refractivity contribution in [2.75, 3.05) is 20.3 Å². The van der Waals surface area contributed by atoms with Crippen LogP contribution in [0, 0.1) is 0 Å². The highest BCUT2D eigenvalue weighted by molar-refractivity contribution is 9.10.